The fourth-order valence-electron chi connectivity index (χ4n) is 1.55. The summed E-state index contributed by atoms with van der Waals surface area (Å²) in [4.78, 5) is 4.41. The lowest BCUT2D eigenvalue weighted by molar-refractivity contribution is -0.603. The SMILES string of the molecule is Cn1nccc1-c1nc2c[n+]([O-])ccc2s1. The zero-order valence-electron chi connectivity index (χ0n) is 8.49. The number of fused-ring (bicyclic) bond motifs is 1. The molecule has 16 heavy (non-hydrogen) atoms. The molecule has 5 nitrogen and oxygen atoms in total. The molecular formula is C10H8N4OS. The lowest BCUT2D eigenvalue weighted by atomic mass is 10.4. The van der Waals surface area contributed by atoms with Crippen molar-refractivity contribution in [1.82, 2.24) is 14.8 Å². The Balaban J connectivity index is 2.23. The molecule has 0 aliphatic rings. The van der Waals surface area contributed by atoms with Gasteiger partial charge < -0.3 is 5.21 Å². The number of rotatable bonds is 1. The summed E-state index contributed by atoms with van der Waals surface area (Å²) < 4.78 is 3.53. The molecule has 3 heterocycles. The lowest BCUT2D eigenvalue weighted by Crippen LogP contribution is -2.23. The van der Waals surface area contributed by atoms with E-state index < -0.39 is 0 Å². The quantitative estimate of drug-likeness (QED) is 0.470. The molecule has 0 bridgehead atoms. The lowest BCUT2D eigenvalue weighted by Gasteiger charge is -1.94. The summed E-state index contributed by atoms with van der Waals surface area (Å²) in [5.41, 5.74) is 1.68. The molecule has 6 heteroatoms. The van der Waals surface area contributed by atoms with Crippen LogP contribution in [-0.4, -0.2) is 14.8 Å². The summed E-state index contributed by atoms with van der Waals surface area (Å²) in [5, 5.41) is 16.1. The third-order valence-corrected chi connectivity index (χ3v) is 3.40. The monoisotopic (exact) mass is 232 g/mol. The number of hydrogen-bond donors (Lipinski definition) is 0. The van der Waals surface area contributed by atoms with Gasteiger partial charge in [-0.3, -0.25) is 4.68 Å². The van der Waals surface area contributed by atoms with E-state index in [4.69, 9.17) is 0 Å². The second kappa shape index (κ2) is 3.28. The average Bonchev–Trinajstić information content (AvgIpc) is 2.82. The van der Waals surface area contributed by atoms with E-state index in [-0.39, 0.29) is 0 Å². The summed E-state index contributed by atoms with van der Waals surface area (Å²) >= 11 is 1.55. The summed E-state index contributed by atoms with van der Waals surface area (Å²) in [6, 6.07) is 3.68. The fourth-order valence-corrected chi connectivity index (χ4v) is 2.54. The minimum atomic E-state index is 0.721. The van der Waals surface area contributed by atoms with Crippen molar-refractivity contribution < 1.29 is 4.73 Å². The highest BCUT2D eigenvalue weighted by Crippen LogP contribution is 2.28. The highest BCUT2D eigenvalue weighted by atomic mass is 32.1. The second-order valence-corrected chi connectivity index (χ2v) is 4.44. The van der Waals surface area contributed by atoms with E-state index >= 15 is 0 Å². The molecule has 0 radical (unpaired) electrons. The molecule has 80 valence electrons. The molecule has 0 aliphatic heterocycles. The Bertz CT molecular complexity index is 658. The zero-order valence-corrected chi connectivity index (χ0v) is 9.31. The molecule has 0 aromatic carbocycles. The molecule has 0 N–H and O–H groups in total. The van der Waals surface area contributed by atoms with Crippen LogP contribution < -0.4 is 4.73 Å². The standard InChI is InChI=1S/C10H8N4OS/c1-13-8(2-4-11-13)10-12-7-6-14(15)5-3-9(7)16-10/h2-6H,1H3. The fraction of sp³-hybridized carbons (Fsp3) is 0.100. The van der Waals surface area contributed by atoms with Crippen LogP contribution >= 0.6 is 11.3 Å². The van der Waals surface area contributed by atoms with E-state index in [0.29, 0.717) is 0 Å². The first-order chi connectivity index (χ1) is 7.74. The van der Waals surface area contributed by atoms with Gasteiger partial charge in [-0.15, -0.1) is 11.3 Å². The Kier molecular flexibility index (Phi) is 1.90. The molecule has 0 amide bonds. The van der Waals surface area contributed by atoms with Crippen molar-refractivity contribution in [2.24, 2.45) is 7.05 Å². The molecule has 3 aromatic rings. The number of aryl methyl sites for hydroxylation is 1. The van der Waals surface area contributed by atoms with Crippen molar-refractivity contribution in [2.45, 2.75) is 0 Å². The van der Waals surface area contributed by atoms with E-state index in [2.05, 4.69) is 10.1 Å². The molecule has 0 spiro atoms. The minimum Gasteiger partial charge on any atom is -0.619 e. The van der Waals surface area contributed by atoms with Crippen molar-refractivity contribution in [3.63, 3.8) is 0 Å². The van der Waals surface area contributed by atoms with Gasteiger partial charge in [0, 0.05) is 19.3 Å². The minimum absolute atomic E-state index is 0.721. The van der Waals surface area contributed by atoms with Crippen LogP contribution in [0.25, 0.3) is 20.9 Å². The molecule has 0 saturated carbocycles. The Morgan fingerprint density at radius 3 is 3.06 bits per heavy atom. The molecule has 0 fully saturated rings. The van der Waals surface area contributed by atoms with Gasteiger partial charge in [-0.25, -0.2) is 4.98 Å². The molecule has 3 aromatic heterocycles. The van der Waals surface area contributed by atoms with Crippen LogP contribution in [-0.2, 0) is 7.05 Å². The Morgan fingerprint density at radius 2 is 2.31 bits per heavy atom. The Labute approximate surface area is 95.2 Å². The molecule has 3 rings (SSSR count). The predicted molar refractivity (Wildman–Crippen MR) is 60.8 cm³/mol. The van der Waals surface area contributed by atoms with Crippen molar-refractivity contribution in [3.05, 3.63) is 35.9 Å². The van der Waals surface area contributed by atoms with E-state index in [0.717, 1.165) is 25.6 Å². The molecule has 0 unspecified atom stereocenters. The van der Waals surface area contributed by atoms with Crippen molar-refractivity contribution >= 4 is 21.6 Å². The topological polar surface area (TPSA) is 57.7 Å². The molecular weight excluding hydrogens is 224 g/mol. The second-order valence-electron chi connectivity index (χ2n) is 3.41. The first-order valence-electron chi connectivity index (χ1n) is 4.72. The van der Waals surface area contributed by atoms with Crippen LogP contribution in [0.5, 0.6) is 0 Å². The van der Waals surface area contributed by atoms with Crippen LogP contribution in [0, 0.1) is 5.21 Å². The third-order valence-electron chi connectivity index (χ3n) is 2.34. The maximum atomic E-state index is 11.1. The van der Waals surface area contributed by atoms with E-state index in [1.54, 1.807) is 28.3 Å². The van der Waals surface area contributed by atoms with Gasteiger partial charge in [-0.2, -0.15) is 9.83 Å². The molecule has 0 atom stereocenters. The van der Waals surface area contributed by atoms with Crippen molar-refractivity contribution in [3.8, 4) is 10.7 Å². The van der Waals surface area contributed by atoms with E-state index in [1.165, 1.54) is 12.4 Å². The van der Waals surface area contributed by atoms with E-state index in [1.807, 2.05) is 13.1 Å². The third kappa shape index (κ3) is 1.35. The van der Waals surface area contributed by atoms with Gasteiger partial charge in [0.1, 0.15) is 10.5 Å². The number of thiazole rings is 1. The largest absolute Gasteiger partial charge is 0.619 e. The summed E-state index contributed by atoms with van der Waals surface area (Å²) in [6.45, 7) is 0. The maximum Gasteiger partial charge on any atom is 0.207 e. The van der Waals surface area contributed by atoms with Crippen LogP contribution in [0.4, 0.5) is 0 Å². The van der Waals surface area contributed by atoms with Gasteiger partial charge in [0.25, 0.3) is 0 Å². The summed E-state index contributed by atoms with van der Waals surface area (Å²) in [6.07, 6.45) is 4.69. The normalized spacial score (nSPS) is 11.1. The van der Waals surface area contributed by atoms with Crippen LogP contribution in [0.15, 0.2) is 30.7 Å². The van der Waals surface area contributed by atoms with Gasteiger partial charge >= 0.3 is 0 Å². The summed E-state index contributed by atoms with van der Waals surface area (Å²) in [7, 11) is 1.87. The van der Waals surface area contributed by atoms with Gasteiger partial charge in [-0.1, -0.05) is 0 Å². The smallest absolute Gasteiger partial charge is 0.207 e. The predicted octanol–water partition coefficient (Wildman–Crippen LogP) is 1.33. The first kappa shape index (κ1) is 9.29. The highest BCUT2D eigenvalue weighted by Gasteiger charge is 2.10. The van der Waals surface area contributed by atoms with Crippen LogP contribution in [0.2, 0.25) is 0 Å². The Hall–Kier alpha value is -1.95. The van der Waals surface area contributed by atoms with Gasteiger partial charge in [0.05, 0.1) is 10.4 Å². The maximum absolute atomic E-state index is 11.1. The number of hydrogen-bond acceptors (Lipinski definition) is 4. The average molecular weight is 232 g/mol. The molecule has 0 saturated heterocycles. The zero-order chi connectivity index (χ0) is 11.1. The number of pyridine rings is 1. The Morgan fingerprint density at radius 1 is 1.44 bits per heavy atom. The highest BCUT2D eigenvalue weighted by molar-refractivity contribution is 7.21. The van der Waals surface area contributed by atoms with E-state index in [9.17, 15) is 5.21 Å². The van der Waals surface area contributed by atoms with Gasteiger partial charge in [-0.05, 0) is 6.07 Å². The first-order valence-corrected chi connectivity index (χ1v) is 5.53. The van der Waals surface area contributed by atoms with Crippen LogP contribution in [0.3, 0.4) is 0 Å². The van der Waals surface area contributed by atoms with Crippen molar-refractivity contribution in [1.29, 1.82) is 0 Å². The summed E-state index contributed by atoms with van der Waals surface area (Å²) in [5.74, 6) is 0. The van der Waals surface area contributed by atoms with Crippen molar-refractivity contribution in [2.75, 3.05) is 0 Å². The van der Waals surface area contributed by atoms with Gasteiger partial charge in [0.15, 0.2) is 6.20 Å². The van der Waals surface area contributed by atoms with Crippen LogP contribution in [0.1, 0.15) is 0 Å². The van der Waals surface area contributed by atoms with Gasteiger partial charge in [0.2, 0.25) is 6.20 Å². The molecule has 0 aliphatic carbocycles. The number of aromatic nitrogens is 4. The number of nitrogens with zero attached hydrogens (tertiary/aromatic N) is 4.